The van der Waals surface area contributed by atoms with E-state index >= 15 is 0 Å². The van der Waals surface area contributed by atoms with Crippen LogP contribution in [0.15, 0.2) is 24.3 Å². The smallest absolute Gasteiger partial charge is 0.399 e. The molecule has 1 aromatic carbocycles. The molecule has 0 aliphatic carbocycles. The SMILES string of the molecule is CC1CCCN1c1cccc(B2OC(C)(C)C(C)(C)O2)c1. The normalized spacial score (nSPS) is 27.4. The summed E-state index contributed by atoms with van der Waals surface area (Å²) in [5, 5.41) is 0. The second-order valence-electron chi connectivity index (χ2n) is 7.37. The van der Waals surface area contributed by atoms with Gasteiger partial charge < -0.3 is 14.2 Å². The van der Waals surface area contributed by atoms with Crippen molar-refractivity contribution < 1.29 is 9.31 Å². The van der Waals surface area contributed by atoms with Crippen molar-refractivity contribution in [3.63, 3.8) is 0 Å². The number of benzene rings is 1. The van der Waals surface area contributed by atoms with Crippen molar-refractivity contribution in [3.05, 3.63) is 24.3 Å². The van der Waals surface area contributed by atoms with Crippen molar-refractivity contribution >= 4 is 18.3 Å². The topological polar surface area (TPSA) is 21.7 Å². The van der Waals surface area contributed by atoms with Crippen LogP contribution in [-0.4, -0.2) is 30.9 Å². The molecule has 3 nitrogen and oxygen atoms in total. The van der Waals surface area contributed by atoms with Crippen LogP contribution in [-0.2, 0) is 9.31 Å². The summed E-state index contributed by atoms with van der Waals surface area (Å²) in [4.78, 5) is 2.48. The maximum atomic E-state index is 6.15. The molecule has 114 valence electrons. The fourth-order valence-corrected chi connectivity index (χ4v) is 3.15. The predicted molar refractivity (Wildman–Crippen MR) is 88.2 cm³/mol. The molecule has 4 heteroatoms. The molecule has 3 rings (SSSR count). The zero-order chi connectivity index (χ0) is 15.3. The van der Waals surface area contributed by atoms with E-state index in [0.29, 0.717) is 6.04 Å². The third kappa shape index (κ3) is 2.60. The molecule has 0 N–H and O–H groups in total. The summed E-state index contributed by atoms with van der Waals surface area (Å²) in [6.07, 6.45) is 2.56. The Morgan fingerprint density at radius 3 is 2.38 bits per heavy atom. The summed E-state index contributed by atoms with van der Waals surface area (Å²) in [7, 11) is -0.271. The van der Waals surface area contributed by atoms with Crippen LogP contribution in [0.2, 0.25) is 0 Å². The Morgan fingerprint density at radius 2 is 1.81 bits per heavy atom. The van der Waals surface area contributed by atoms with Crippen LogP contribution in [0, 0.1) is 0 Å². The lowest BCUT2D eigenvalue weighted by molar-refractivity contribution is 0.00578. The number of hydrogen-bond acceptors (Lipinski definition) is 3. The summed E-state index contributed by atoms with van der Waals surface area (Å²) in [5.41, 5.74) is 1.83. The molecule has 0 aromatic heterocycles. The summed E-state index contributed by atoms with van der Waals surface area (Å²) < 4.78 is 12.3. The average molecular weight is 287 g/mol. The molecule has 0 amide bonds. The summed E-state index contributed by atoms with van der Waals surface area (Å²) in [6, 6.07) is 9.26. The van der Waals surface area contributed by atoms with Gasteiger partial charge in [-0.15, -0.1) is 0 Å². The fraction of sp³-hybridized carbons (Fsp3) is 0.647. The molecule has 21 heavy (non-hydrogen) atoms. The van der Waals surface area contributed by atoms with Crippen LogP contribution in [0.1, 0.15) is 47.5 Å². The van der Waals surface area contributed by atoms with Crippen molar-refractivity contribution in [1.29, 1.82) is 0 Å². The molecule has 2 aliphatic rings. The van der Waals surface area contributed by atoms with Gasteiger partial charge >= 0.3 is 7.12 Å². The first kappa shape index (κ1) is 14.9. The van der Waals surface area contributed by atoms with E-state index < -0.39 is 0 Å². The van der Waals surface area contributed by atoms with Crippen molar-refractivity contribution in [3.8, 4) is 0 Å². The van der Waals surface area contributed by atoms with Crippen LogP contribution in [0.5, 0.6) is 0 Å². The number of nitrogens with zero attached hydrogens (tertiary/aromatic N) is 1. The van der Waals surface area contributed by atoms with Gasteiger partial charge in [-0.2, -0.15) is 0 Å². The molecule has 0 radical (unpaired) electrons. The monoisotopic (exact) mass is 287 g/mol. The number of anilines is 1. The van der Waals surface area contributed by atoms with Crippen LogP contribution >= 0.6 is 0 Å². The highest BCUT2D eigenvalue weighted by atomic mass is 16.7. The Kier molecular flexibility index (Phi) is 3.57. The lowest BCUT2D eigenvalue weighted by Gasteiger charge is -2.32. The van der Waals surface area contributed by atoms with E-state index in [9.17, 15) is 0 Å². The molecule has 2 aliphatic heterocycles. The highest BCUT2D eigenvalue weighted by Gasteiger charge is 2.51. The second kappa shape index (κ2) is 5.03. The molecule has 0 spiro atoms. The Hall–Kier alpha value is -0.995. The van der Waals surface area contributed by atoms with E-state index in [1.54, 1.807) is 0 Å². The van der Waals surface area contributed by atoms with E-state index in [1.165, 1.54) is 18.5 Å². The summed E-state index contributed by atoms with van der Waals surface area (Å²) in [6.45, 7) is 11.8. The van der Waals surface area contributed by atoms with Gasteiger partial charge in [0.2, 0.25) is 0 Å². The van der Waals surface area contributed by atoms with E-state index in [2.05, 4.69) is 63.8 Å². The van der Waals surface area contributed by atoms with Crippen LogP contribution < -0.4 is 10.4 Å². The lowest BCUT2D eigenvalue weighted by Crippen LogP contribution is -2.41. The van der Waals surface area contributed by atoms with E-state index in [-0.39, 0.29) is 18.3 Å². The zero-order valence-electron chi connectivity index (χ0n) is 13.8. The largest absolute Gasteiger partial charge is 0.494 e. The van der Waals surface area contributed by atoms with Gasteiger partial charge in [-0.05, 0) is 65.1 Å². The third-order valence-electron chi connectivity index (χ3n) is 5.28. The van der Waals surface area contributed by atoms with Gasteiger partial charge in [0.05, 0.1) is 11.2 Å². The number of rotatable bonds is 2. The minimum Gasteiger partial charge on any atom is -0.399 e. The van der Waals surface area contributed by atoms with Crippen molar-refractivity contribution in [2.75, 3.05) is 11.4 Å². The second-order valence-corrected chi connectivity index (χ2v) is 7.37. The molecule has 0 saturated carbocycles. The van der Waals surface area contributed by atoms with Gasteiger partial charge in [0.15, 0.2) is 0 Å². The van der Waals surface area contributed by atoms with Crippen LogP contribution in [0.4, 0.5) is 5.69 Å². The molecule has 1 unspecified atom stereocenters. The lowest BCUT2D eigenvalue weighted by atomic mass is 9.79. The molecular formula is C17H26BNO2. The molecule has 2 fully saturated rings. The van der Waals surface area contributed by atoms with Gasteiger partial charge in [-0.3, -0.25) is 0 Å². The maximum Gasteiger partial charge on any atom is 0.494 e. The van der Waals surface area contributed by atoms with Gasteiger partial charge in [-0.1, -0.05) is 12.1 Å². The van der Waals surface area contributed by atoms with E-state index in [1.807, 2.05) is 0 Å². The van der Waals surface area contributed by atoms with E-state index in [0.717, 1.165) is 12.0 Å². The minimum absolute atomic E-state index is 0.271. The number of hydrogen-bond donors (Lipinski definition) is 0. The Balaban J connectivity index is 1.84. The molecule has 0 bridgehead atoms. The molecule has 2 saturated heterocycles. The standard InChI is InChI=1S/C17H26BNO2/c1-13-8-7-11-19(13)15-10-6-9-14(12-15)18-20-16(2,3)17(4,5)21-18/h6,9-10,12-13H,7-8,11H2,1-5H3. The Morgan fingerprint density at radius 1 is 1.14 bits per heavy atom. The predicted octanol–water partition coefficient (Wildman–Crippen LogP) is 2.97. The van der Waals surface area contributed by atoms with Gasteiger partial charge in [0.25, 0.3) is 0 Å². The molecule has 2 heterocycles. The van der Waals surface area contributed by atoms with Gasteiger partial charge in [0.1, 0.15) is 0 Å². The fourth-order valence-electron chi connectivity index (χ4n) is 3.15. The Labute approximate surface area is 128 Å². The minimum atomic E-state index is -0.283. The third-order valence-corrected chi connectivity index (χ3v) is 5.28. The first-order chi connectivity index (χ1) is 9.80. The summed E-state index contributed by atoms with van der Waals surface area (Å²) in [5.74, 6) is 0. The highest BCUT2D eigenvalue weighted by Crippen LogP contribution is 2.36. The zero-order valence-corrected chi connectivity index (χ0v) is 13.8. The first-order valence-corrected chi connectivity index (χ1v) is 8.02. The first-order valence-electron chi connectivity index (χ1n) is 8.02. The summed E-state index contributed by atoms with van der Waals surface area (Å²) >= 11 is 0. The van der Waals surface area contributed by atoms with Crippen molar-refractivity contribution in [1.82, 2.24) is 0 Å². The van der Waals surface area contributed by atoms with Crippen molar-refractivity contribution in [2.24, 2.45) is 0 Å². The average Bonchev–Trinajstić information content (AvgIpc) is 2.92. The molecule has 1 atom stereocenters. The van der Waals surface area contributed by atoms with Crippen LogP contribution in [0.3, 0.4) is 0 Å². The van der Waals surface area contributed by atoms with Gasteiger partial charge in [-0.25, -0.2) is 0 Å². The molecule has 1 aromatic rings. The van der Waals surface area contributed by atoms with Crippen LogP contribution in [0.25, 0.3) is 0 Å². The Bertz CT molecular complexity index is 513. The van der Waals surface area contributed by atoms with Crippen molar-refractivity contribution in [2.45, 2.75) is 64.7 Å². The maximum absolute atomic E-state index is 6.15. The quantitative estimate of drug-likeness (QED) is 0.781. The van der Waals surface area contributed by atoms with Gasteiger partial charge in [0, 0.05) is 18.3 Å². The highest BCUT2D eigenvalue weighted by molar-refractivity contribution is 6.62. The molecular weight excluding hydrogens is 261 g/mol. The van der Waals surface area contributed by atoms with E-state index in [4.69, 9.17) is 9.31 Å².